The molecule has 144 valence electrons. The summed E-state index contributed by atoms with van der Waals surface area (Å²) in [5.74, 6) is -0.190. The van der Waals surface area contributed by atoms with Crippen molar-refractivity contribution in [3.63, 3.8) is 0 Å². The second-order valence-electron chi connectivity index (χ2n) is 6.03. The van der Waals surface area contributed by atoms with Gasteiger partial charge in [0.15, 0.2) is 11.4 Å². The van der Waals surface area contributed by atoms with Gasteiger partial charge in [-0.25, -0.2) is 4.98 Å². The predicted molar refractivity (Wildman–Crippen MR) is 86.7 cm³/mol. The van der Waals surface area contributed by atoms with Crippen LogP contribution in [0.3, 0.4) is 0 Å². The molecule has 10 heteroatoms. The second-order valence-corrected chi connectivity index (χ2v) is 6.43. The molecular formula is C17H11ClF6N2O. The van der Waals surface area contributed by atoms with Crippen LogP contribution in [0, 0.1) is 0 Å². The Morgan fingerprint density at radius 3 is 2.26 bits per heavy atom. The third-order valence-electron chi connectivity index (χ3n) is 4.17. The highest BCUT2D eigenvalue weighted by Gasteiger charge is 2.52. The van der Waals surface area contributed by atoms with Gasteiger partial charge in [0.2, 0.25) is 0 Å². The number of aliphatic hydroxyl groups is 1. The molecule has 1 atom stereocenters. The van der Waals surface area contributed by atoms with Crippen LogP contribution in [0.4, 0.5) is 26.3 Å². The SMILES string of the molecule is CC(O)(c1cn(-c2ncc(C(F)(F)F)cc2Cl)c2ccccc12)C(F)(F)F. The standard InChI is InChI=1S/C17H11ClF6N2O/c1-15(27,17(22,23)24)11-8-26(13-5-3-2-4-10(11)13)14-12(18)6-9(7-25-14)16(19,20)21/h2-8,27H,1H3. The number of halogens is 7. The lowest BCUT2D eigenvalue weighted by Crippen LogP contribution is -2.39. The van der Waals surface area contributed by atoms with Crippen molar-refractivity contribution in [1.82, 2.24) is 9.55 Å². The number of alkyl halides is 6. The molecule has 0 bridgehead atoms. The summed E-state index contributed by atoms with van der Waals surface area (Å²) in [6, 6.07) is 6.45. The van der Waals surface area contributed by atoms with E-state index in [9.17, 15) is 31.4 Å². The van der Waals surface area contributed by atoms with Gasteiger partial charge in [-0.3, -0.25) is 4.57 Å². The molecule has 0 radical (unpaired) electrons. The van der Waals surface area contributed by atoms with Crippen molar-refractivity contribution in [2.75, 3.05) is 0 Å². The van der Waals surface area contributed by atoms with Crippen LogP contribution in [0.15, 0.2) is 42.7 Å². The number of nitrogens with zero attached hydrogens (tertiary/aromatic N) is 2. The zero-order chi connectivity index (χ0) is 20.2. The van der Waals surface area contributed by atoms with E-state index in [2.05, 4.69) is 4.98 Å². The van der Waals surface area contributed by atoms with E-state index in [4.69, 9.17) is 11.6 Å². The summed E-state index contributed by atoms with van der Waals surface area (Å²) in [5.41, 5.74) is -4.54. The summed E-state index contributed by atoms with van der Waals surface area (Å²) in [6.07, 6.45) is -8.13. The van der Waals surface area contributed by atoms with Crippen molar-refractivity contribution < 1.29 is 31.4 Å². The van der Waals surface area contributed by atoms with Gasteiger partial charge in [-0.05, 0) is 19.1 Å². The van der Waals surface area contributed by atoms with Crippen LogP contribution >= 0.6 is 11.6 Å². The van der Waals surface area contributed by atoms with Crippen LogP contribution in [-0.2, 0) is 11.8 Å². The van der Waals surface area contributed by atoms with E-state index in [0.29, 0.717) is 19.2 Å². The van der Waals surface area contributed by atoms with Crippen molar-refractivity contribution in [2.45, 2.75) is 24.9 Å². The third-order valence-corrected chi connectivity index (χ3v) is 4.44. The lowest BCUT2D eigenvalue weighted by Gasteiger charge is -2.25. The number of hydrogen-bond donors (Lipinski definition) is 1. The molecule has 27 heavy (non-hydrogen) atoms. The van der Waals surface area contributed by atoms with Crippen molar-refractivity contribution >= 4 is 22.5 Å². The summed E-state index contributed by atoms with van der Waals surface area (Å²) in [4.78, 5) is 3.67. The molecule has 0 amide bonds. The number of para-hydroxylation sites is 1. The maximum absolute atomic E-state index is 13.3. The van der Waals surface area contributed by atoms with E-state index >= 15 is 0 Å². The molecule has 1 aromatic carbocycles. The smallest absolute Gasteiger partial charge is 0.376 e. The maximum Gasteiger partial charge on any atom is 0.421 e. The van der Waals surface area contributed by atoms with E-state index in [1.807, 2.05) is 0 Å². The molecule has 0 saturated heterocycles. The van der Waals surface area contributed by atoms with Gasteiger partial charge in [0, 0.05) is 23.3 Å². The lowest BCUT2D eigenvalue weighted by atomic mass is 9.95. The van der Waals surface area contributed by atoms with Crippen molar-refractivity contribution in [3.8, 4) is 5.82 Å². The molecule has 3 nitrogen and oxygen atoms in total. The first-order valence-electron chi connectivity index (χ1n) is 7.47. The van der Waals surface area contributed by atoms with Gasteiger partial charge < -0.3 is 5.11 Å². The zero-order valence-corrected chi connectivity index (χ0v) is 14.3. The third kappa shape index (κ3) is 3.25. The predicted octanol–water partition coefficient (Wildman–Crippen LogP) is 5.47. The molecule has 0 fully saturated rings. The summed E-state index contributed by atoms with van der Waals surface area (Å²) in [6.45, 7) is 0.598. The van der Waals surface area contributed by atoms with Crippen LogP contribution in [-0.4, -0.2) is 20.8 Å². The van der Waals surface area contributed by atoms with Gasteiger partial charge >= 0.3 is 12.4 Å². The van der Waals surface area contributed by atoms with Crippen LogP contribution < -0.4 is 0 Å². The van der Waals surface area contributed by atoms with Gasteiger partial charge in [0.1, 0.15) is 0 Å². The number of hydrogen-bond acceptors (Lipinski definition) is 2. The van der Waals surface area contributed by atoms with Gasteiger partial charge in [-0.1, -0.05) is 29.8 Å². The first-order valence-corrected chi connectivity index (χ1v) is 7.84. The monoisotopic (exact) mass is 408 g/mol. The fraction of sp³-hybridized carbons (Fsp3) is 0.235. The van der Waals surface area contributed by atoms with Crippen LogP contribution in [0.1, 0.15) is 18.1 Å². The van der Waals surface area contributed by atoms with E-state index in [1.165, 1.54) is 24.3 Å². The Hall–Kier alpha value is -2.26. The molecule has 0 aliphatic rings. The molecule has 3 aromatic rings. The zero-order valence-electron chi connectivity index (χ0n) is 13.5. The Morgan fingerprint density at radius 1 is 1.07 bits per heavy atom. The molecular weight excluding hydrogens is 398 g/mol. The number of rotatable bonds is 2. The Labute approximate surface area is 153 Å². The average molecular weight is 409 g/mol. The molecule has 3 rings (SSSR count). The van der Waals surface area contributed by atoms with E-state index in [0.717, 1.165) is 10.8 Å². The minimum Gasteiger partial charge on any atom is -0.376 e. The molecule has 0 saturated carbocycles. The molecule has 1 unspecified atom stereocenters. The topological polar surface area (TPSA) is 38.0 Å². The molecule has 0 aliphatic heterocycles. The minimum absolute atomic E-state index is 0.0672. The number of fused-ring (bicyclic) bond motifs is 1. The van der Waals surface area contributed by atoms with Gasteiger partial charge in [0.25, 0.3) is 0 Å². The second kappa shape index (κ2) is 6.13. The summed E-state index contributed by atoms with van der Waals surface area (Å²) in [5, 5.41) is 9.73. The summed E-state index contributed by atoms with van der Waals surface area (Å²) in [7, 11) is 0. The maximum atomic E-state index is 13.3. The van der Waals surface area contributed by atoms with Crippen LogP contribution in [0.5, 0.6) is 0 Å². The number of benzene rings is 1. The van der Waals surface area contributed by atoms with Gasteiger partial charge in [-0.15, -0.1) is 0 Å². The lowest BCUT2D eigenvalue weighted by molar-refractivity contribution is -0.258. The quantitative estimate of drug-likeness (QED) is 0.571. The van der Waals surface area contributed by atoms with Crippen molar-refractivity contribution in [3.05, 3.63) is 58.9 Å². The molecule has 2 heterocycles. The average Bonchev–Trinajstić information content (AvgIpc) is 2.93. The Morgan fingerprint density at radius 2 is 1.70 bits per heavy atom. The Kier molecular flexibility index (Phi) is 4.43. The number of aromatic nitrogens is 2. The fourth-order valence-corrected chi connectivity index (χ4v) is 2.92. The highest BCUT2D eigenvalue weighted by Crippen LogP contribution is 2.43. The largest absolute Gasteiger partial charge is 0.421 e. The highest BCUT2D eigenvalue weighted by atomic mass is 35.5. The van der Waals surface area contributed by atoms with Crippen molar-refractivity contribution in [2.24, 2.45) is 0 Å². The molecule has 0 spiro atoms. The van der Waals surface area contributed by atoms with Crippen LogP contribution in [0.25, 0.3) is 16.7 Å². The van der Waals surface area contributed by atoms with Crippen molar-refractivity contribution in [1.29, 1.82) is 0 Å². The van der Waals surface area contributed by atoms with Crippen LogP contribution in [0.2, 0.25) is 5.02 Å². The van der Waals surface area contributed by atoms with E-state index in [-0.39, 0.29) is 16.7 Å². The highest BCUT2D eigenvalue weighted by molar-refractivity contribution is 6.32. The number of pyridine rings is 1. The summed E-state index contributed by atoms with van der Waals surface area (Å²) < 4.78 is 79.4. The summed E-state index contributed by atoms with van der Waals surface area (Å²) >= 11 is 5.92. The van der Waals surface area contributed by atoms with Gasteiger partial charge in [0.05, 0.1) is 16.1 Å². The van der Waals surface area contributed by atoms with E-state index in [1.54, 1.807) is 0 Å². The normalized spacial score (nSPS) is 15.1. The minimum atomic E-state index is -4.97. The Bertz CT molecular complexity index is 1010. The Balaban J connectivity index is 2.26. The molecule has 2 aromatic heterocycles. The molecule has 0 aliphatic carbocycles. The molecule has 1 N–H and O–H groups in total. The first kappa shape index (κ1) is 19.5. The van der Waals surface area contributed by atoms with E-state index < -0.39 is 34.1 Å². The van der Waals surface area contributed by atoms with Gasteiger partial charge in [-0.2, -0.15) is 26.3 Å². The fourth-order valence-electron chi connectivity index (χ4n) is 2.66. The first-order chi connectivity index (χ1) is 12.3.